The van der Waals surface area contributed by atoms with Crippen LogP contribution in [0.5, 0.6) is 5.75 Å². The lowest BCUT2D eigenvalue weighted by Crippen LogP contribution is -2.36. The van der Waals surface area contributed by atoms with Gasteiger partial charge in [-0.05, 0) is 61.0 Å². The summed E-state index contributed by atoms with van der Waals surface area (Å²) in [4.78, 5) is 31.0. The largest absolute Gasteiger partial charge is 0.508 e. The summed E-state index contributed by atoms with van der Waals surface area (Å²) >= 11 is 25.5. The standard InChI is InChI=1S/C35H40Cl4N6O3/c1-2-3-4-5-6-7-8-9-10-11-12-13-31(47)40-25-16-19-27(37)30(22-25)41-34-32(43-42-24-14-17-26(46)18-15-24)35(48)45(44-34)33-28(38)20-23(36)21-29(33)39/h14-22,32,46H,2-13H2,1H3,(H,40,47)(H,41,44). The smallest absolute Gasteiger partial charge is 0.280 e. The number of hydrazine groups is 1. The summed E-state index contributed by atoms with van der Waals surface area (Å²) in [6.45, 7) is 2.23. The molecule has 2 amide bonds. The van der Waals surface area contributed by atoms with Crippen LogP contribution in [-0.2, 0) is 9.59 Å². The number of rotatable bonds is 17. The first-order chi connectivity index (χ1) is 23.2. The maximum absolute atomic E-state index is 13.7. The summed E-state index contributed by atoms with van der Waals surface area (Å²) in [5.74, 6) is -0.501. The van der Waals surface area contributed by atoms with Gasteiger partial charge in [0, 0.05) is 17.1 Å². The Labute approximate surface area is 301 Å². The fourth-order valence-corrected chi connectivity index (χ4v) is 6.34. The molecule has 9 nitrogen and oxygen atoms in total. The van der Waals surface area contributed by atoms with Crippen molar-refractivity contribution in [3.8, 4) is 5.75 Å². The molecule has 3 aromatic carbocycles. The van der Waals surface area contributed by atoms with Crippen molar-refractivity contribution < 1.29 is 14.7 Å². The van der Waals surface area contributed by atoms with E-state index in [0.29, 0.717) is 28.5 Å². The number of carbonyl (C=O) groups excluding carboxylic acids is 2. The van der Waals surface area contributed by atoms with Gasteiger partial charge in [-0.25, -0.2) is 10.0 Å². The number of azo groups is 1. The number of phenolic OH excluding ortho intramolecular Hbond substituents is 1. The van der Waals surface area contributed by atoms with Gasteiger partial charge in [-0.1, -0.05) is 118 Å². The van der Waals surface area contributed by atoms with Gasteiger partial charge in [0.2, 0.25) is 11.9 Å². The van der Waals surface area contributed by atoms with E-state index < -0.39 is 11.9 Å². The van der Waals surface area contributed by atoms with Gasteiger partial charge in [0.05, 0.1) is 26.4 Å². The summed E-state index contributed by atoms with van der Waals surface area (Å²) in [7, 11) is 0. The number of nitrogens with one attached hydrogen (secondary N) is 2. The number of unbranched alkanes of at least 4 members (excludes halogenated alkanes) is 10. The van der Waals surface area contributed by atoms with Gasteiger partial charge in [-0.15, -0.1) is 0 Å². The van der Waals surface area contributed by atoms with Gasteiger partial charge in [0.25, 0.3) is 5.91 Å². The number of carbonyl (C=O) groups is 2. The minimum atomic E-state index is -1.23. The molecule has 0 aromatic heterocycles. The number of hydrogen-bond acceptors (Lipinski definition) is 6. The van der Waals surface area contributed by atoms with Crippen molar-refractivity contribution in [2.24, 2.45) is 15.2 Å². The number of benzene rings is 3. The molecule has 3 N–H and O–H groups in total. The van der Waals surface area contributed by atoms with Crippen molar-refractivity contribution in [3.63, 3.8) is 0 Å². The van der Waals surface area contributed by atoms with Crippen LogP contribution in [0.15, 0.2) is 69.8 Å². The number of aliphatic imine (C=N–C) groups is 1. The highest BCUT2D eigenvalue weighted by molar-refractivity contribution is 6.43. The molecule has 1 heterocycles. The molecule has 0 spiro atoms. The third-order valence-corrected chi connectivity index (χ3v) is 8.88. The Kier molecular flexibility index (Phi) is 14.8. The Hall–Kier alpha value is -3.37. The summed E-state index contributed by atoms with van der Waals surface area (Å²) in [5, 5.41) is 22.9. The molecule has 256 valence electrons. The third-order valence-electron chi connectivity index (χ3n) is 7.76. The van der Waals surface area contributed by atoms with Crippen molar-refractivity contribution in [1.82, 2.24) is 5.43 Å². The number of amidine groups is 1. The van der Waals surface area contributed by atoms with Crippen LogP contribution in [0.4, 0.5) is 22.7 Å². The van der Waals surface area contributed by atoms with Gasteiger partial charge >= 0.3 is 0 Å². The average Bonchev–Trinajstić information content (AvgIpc) is 3.34. The predicted octanol–water partition coefficient (Wildman–Crippen LogP) is 11.4. The van der Waals surface area contributed by atoms with Gasteiger partial charge < -0.3 is 10.4 Å². The number of aromatic hydroxyl groups is 1. The highest BCUT2D eigenvalue weighted by Crippen LogP contribution is 2.38. The van der Waals surface area contributed by atoms with Crippen LogP contribution in [0.25, 0.3) is 0 Å². The van der Waals surface area contributed by atoms with Crippen molar-refractivity contribution >= 4 is 86.8 Å². The number of anilines is 2. The summed E-state index contributed by atoms with van der Waals surface area (Å²) in [5.41, 5.74) is 4.31. The van der Waals surface area contributed by atoms with E-state index in [1.165, 1.54) is 75.6 Å². The highest BCUT2D eigenvalue weighted by atomic mass is 35.5. The first-order valence-electron chi connectivity index (χ1n) is 16.3. The van der Waals surface area contributed by atoms with Crippen LogP contribution in [0, 0.1) is 0 Å². The quantitative estimate of drug-likeness (QED) is 0.0945. The molecule has 0 aliphatic carbocycles. The molecule has 4 rings (SSSR count). The minimum absolute atomic E-state index is 0.0634. The lowest BCUT2D eigenvalue weighted by atomic mass is 10.1. The molecule has 0 radical (unpaired) electrons. The van der Waals surface area contributed by atoms with E-state index in [9.17, 15) is 14.7 Å². The van der Waals surface area contributed by atoms with E-state index in [-0.39, 0.29) is 38.2 Å². The van der Waals surface area contributed by atoms with Crippen molar-refractivity contribution in [1.29, 1.82) is 0 Å². The van der Waals surface area contributed by atoms with Gasteiger partial charge in [0.1, 0.15) is 11.4 Å². The second-order valence-corrected chi connectivity index (χ2v) is 13.3. The van der Waals surface area contributed by atoms with E-state index in [1.54, 1.807) is 30.3 Å². The van der Waals surface area contributed by atoms with E-state index in [4.69, 9.17) is 46.4 Å². The van der Waals surface area contributed by atoms with Crippen LogP contribution in [0.1, 0.15) is 84.0 Å². The molecule has 3 aromatic rings. The molecule has 0 bridgehead atoms. The molecule has 48 heavy (non-hydrogen) atoms. The number of halogens is 4. The van der Waals surface area contributed by atoms with Crippen LogP contribution < -0.4 is 15.8 Å². The molecule has 1 atom stereocenters. The summed E-state index contributed by atoms with van der Waals surface area (Å²) in [6.07, 6.45) is 13.7. The summed E-state index contributed by atoms with van der Waals surface area (Å²) < 4.78 is 0. The van der Waals surface area contributed by atoms with Crippen LogP contribution in [-0.4, -0.2) is 28.8 Å². The van der Waals surface area contributed by atoms with Gasteiger partial charge in [-0.3, -0.25) is 15.0 Å². The highest BCUT2D eigenvalue weighted by Gasteiger charge is 2.41. The monoisotopic (exact) mass is 732 g/mol. The van der Waals surface area contributed by atoms with Gasteiger partial charge in [-0.2, -0.15) is 10.2 Å². The molecule has 0 saturated carbocycles. The Bertz CT molecular complexity index is 1590. The molecule has 1 aliphatic heterocycles. The number of nitrogens with zero attached hydrogens (tertiary/aromatic N) is 4. The number of hydrogen-bond donors (Lipinski definition) is 3. The van der Waals surface area contributed by atoms with E-state index in [0.717, 1.165) is 24.3 Å². The van der Waals surface area contributed by atoms with Crippen LogP contribution in [0.2, 0.25) is 20.1 Å². The molecular weight excluding hydrogens is 694 g/mol. The fourth-order valence-electron chi connectivity index (χ4n) is 5.20. The molecule has 1 unspecified atom stereocenters. The number of phenols is 1. The number of amides is 2. The van der Waals surface area contributed by atoms with Crippen molar-refractivity contribution in [3.05, 3.63) is 74.7 Å². The zero-order valence-corrected chi connectivity index (χ0v) is 29.8. The predicted molar refractivity (Wildman–Crippen MR) is 197 cm³/mol. The van der Waals surface area contributed by atoms with Crippen LogP contribution in [0.3, 0.4) is 0 Å². The maximum atomic E-state index is 13.7. The average molecular weight is 735 g/mol. The van der Waals surface area contributed by atoms with E-state index in [1.807, 2.05) is 0 Å². The van der Waals surface area contributed by atoms with Crippen molar-refractivity contribution in [2.75, 3.05) is 10.3 Å². The van der Waals surface area contributed by atoms with Crippen molar-refractivity contribution in [2.45, 2.75) is 90.0 Å². The Morgan fingerprint density at radius 1 is 0.833 bits per heavy atom. The second-order valence-electron chi connectivity index (χ2n) is 11.6. The third kappa shape index (κ3) is 11.1. The Morgan fingerprint density at radius 2 is 1.44 bits per heavy atom. The zero-order chi connectivity index (χ0) is 34.5. The second kappa shape index (κ2) is 19.0. The first-order valence-corrected chi connectivity index (χ1v) is 17.8. The first kappa shape index (κ1) is 37.4. The van der Waals surface area contributed by atoms with E-state index >= 15 is 0 Å². The van der Waals surface area contributed by atoms with E-state index in [2.05, 4.69) is 32.9 Å². The fraction of sp³-hybridized carbons (Fsp3) is 0.400. The molecular formula is C35H40Cl4N6O3. The molecule has 1 aliphatic rings. The maximum Gasteiger partial charge on any atom is 0.280 e. The minimum Gasteiger partial charge on any atom is -0.508 e. The molecule has 13 heteroatoms. The SMILES string of the molecule is CCCCCCCCCCCCCC(=O)Nc1ccc(Cl)c(N=C2NN(c3c(Cl)cc(Cl)cc3Cl)C(=O)C2N=Nc2ccc(O)cc2)c1. The topological polar surface area (TPSA) is 119 Å². The lowest BCUT2D eigenvalue weighted by Gasteiger charge is -2.19. The Balaban J connectivity index is 1.43. The molecule has 1 fully saturated rings. The lowest BCUT2D eigenvalue weighted by molar-refractivity contribution is -0.118. The van der Waals surface area contributed by atoms with Gasteiger partial charge in [0.15, 0.2) is 5.84 Å². The zero-order valence-electron chi connectivity index (χ0n) is 26.8. The van der Waals surface area contributed by atoms with Crippen LogP contribution >= 0.6 is 46.4 Å². The summed E-state index contributed by atoms with van der Waals surface area (Å²) in [6, 6.07) is 12.6. The Morgan fingerprint density at radius 3 is 2.06 bits per heavy atom. The normalized spacial score (nSPS) is 15.4. The molecule has 1 saturated heterocycles.